The zero-order valence-corrected chi connectivity index (χ0v) is 17.1. The Labute approximate surface area is 162 Å². The van der Waals surface area contributed by atoms with Crippen LogP contribution in [0.4, 0.5) is 4.79 Å². The van der Waals surface area contributed by atoms with Crippen molar-refractivity contribution in [1.82, 2.24) is 10.2 Å². The summed E-state index contributed by atoms with van der Waals surface area (Å²) in [7, 11) is 1.36. The molecule has 1 aromatic rings. The highest BCUT2D eigenvalue weighted by Gasteiger charge is 2.48. The van der Waals surface area contributed by atoms with Crippen LogP contribution in [-0.2, 0) is 20.8 Å². The lowest BCUT2D eigenvalue weighted by molar-refractivity contribution is -0.151. The lowest BCUT2D eigenvalue weighted by Gasteiger charge is -2.37. The minimum atomic E-state index is -1.08. The van der Waals surface area contributed by atoms with E-state index >= 15 is 0 Å². The van der Waals surface area contributed by atoms with E-state index in [1.165, 1.54) is 12.7 Å². The number of carbonyl (C=O) groups excluding carboxylic acids is 2. The minimum absolute atomic E-state index is 0.122. The van der Waals surface area contributed by atoms with Gasteiger partial charge in [-0.2, -0.15) is 0 Å². The summed E-state index contributed by atoms with van der Waals surface area (Å²) in [5.41, 5.74) is -0.479. The van der Waals surface area contributed by atoms with Gasteiger partial charge in [0.25, 0.3) is 0 Å². The summed E-state index contributed by atoms with van der Waals surface area (Å²) < 4.78 is 10.5. The van der Waals surface area contributed by atoms with Crippen LogP contribution < -0.4 is 5.32 Å². The van der Waals surface area contributed by atoms with Crippen LogP contribution in [0.3, 0.4) is 0 Å². The quantitative estimate of drug-likeness (QED) is 0.816. The van der Waals surface area contributed by atoms with E-state index in [1.807, 2.05) is 25.1 Å². The Bertz CT molecular complexity index is 641. The maximum absolute atomic E-state index is 12.7. The predicted octanol–water partition coefficient (Wildman–Crippen LogP) is 3.36. The van der Waals surface area contributed by atoms with Gasteiger partial charge in [-0.05, 0) is 45.7 Å². The molecule has 0 bridgehead atoms. The van der Waals surface area contributed by atoms with Crippen LogP contribution in [0.2, 0.25) is 0 Å². The van der Waals surface area contributed by atoms with Crippen molar-refractivity contribution in [2.75, 3.05) is 20.2 Å². The summed E-state index contributed by atoms with van der Waals surface area (Å²) >= 11 is 0. The Morgan fingerprint density at radius 1 is 1.26 bits per heavy atom. The first-order chi connectivity index (χ1) is 12.7. The molecular formula is C21H32N2O4. The average Bonchev–Trinajstić information content (AvgIpc) is 2.73. The summed E-state index contributed by atoms with van der Waals surface area (Å²) in [4.78, 5) is 27.5. The second-order valence-electron chi connectivity index (χ2n) is 8.32. The third kappa shape index (κ3) is 5.70. The lowest BCUT2D eigenvalue weighted by Crippen LogP contribution is -2.60. The van der Waals surface area contributed by atoms with Gasteiger partial charge in [0.15, 0.2) is 0 Å². The Balaban J connectivity index is 2.17. The van der Waals surface area contributed by atoms with Gasteiger partial charge in [0.1, 0.15) is 11.1 Å². The number of rotatable bonds is 4. The molecule has 27 heavy (non-hydrogen) atoms. The molecule has 0 aliphatic carbocycles. The SMILES string of the molecule is COC(=O)[C@]1(NC(=O)OC(C)(C)C)CCCN(Cc2ccccc2)C[C@H]1C. The number of hydrogen-bond acceptors (Lipinski definition) is 5. The number of likely N-dealkylation sites (tertiary alicyclic amines) is 1. The van der Waals surface area contributed by atoms with Crippen molar-refractivity contribution < 1.29 is 19.1 Å². The predicted molar refractivity (Wildman–Crippen MR) is 104 cm³/mol. The van der Waals surface area contributed by atoms with Gasteiger partial charge >= 0.3 is 12.1 Å². The first-order valence-corrected chi connectivity index (χ1v) is 9.52. The van der Waals surface area contributed by atoms with Crippen molar-refractivity contribution in [2.24, 2.45) is 5.92 Å². The third-order valence-electron chi connectivity index (χ3n) is 4.94. The molecular weight excluding hydrogens is 344 g/mol. The van der Waals surface area contributed by atoms with Gasteiger partial charge in [-0.15, -0.1) is 0 Å². The normalized spacial score (nSPS) is 24.0. The maximum Gasteiger partial charge on any atom is 0.408 e. The molecule has 1 heterocycles. The first-order valence-electron chi connectivity index (χ1n) is 9.52. The van der Waals surface area contributed by atoms with E-state index in [0.717, 1.165) is 19.5 Å². The molecule has 150 valence electrons. The van der Waals surface area contributed by atoms with Crippen LogP contribution in [0.1, 0.15) is 46.1 Å². The molecule has 6 nitrogen and oxygen atoms in total. The zero-order valence-electron chi connectivity index (χ0n) is 17.1. The molecule has 1 aliphatic rings. The standard InChI is InChI=1S/C21H32N2O4/c1-16-14-23(15-17-10-7-6-8-11-17)13-9-12-21(16,18(24)26-5)22-19(25)27-20(2,3)4/h6-8,10-11,16H,9,12-15H2,1-5H3,(H,22,25)/t16-,21+/m1/s1. The number of nitrogens with one attached hydrogen (secondary N) is 1. The van der Waals surface area contributed by atoms with E-state index < -0.39 is 23.2 Å². The van der Waals surface area contributed by atoms with Crippen molar-refractivity contribution in [3.63, 3.8) is 0 Å². The van der Waals surface area contributed by atoms with Gasteiger partial charge < -0.3 is 14.8 Å². The van der Waals surface area contributed by atoms with Gasteiger partial charge in [-0.3, -0.25) is 4.90 Å². The van der Waals surface area contributed by atoms with Crippen LogP contribution in [-0.4, -0.2) is 48.3 Å². The molecule has 1 aliphatic heterocycles. The summed E-state index contributed by atoms with van der Waals surface area (Å²) in [6.45, 7) is 9.74. The van der Waals surface area contributed by atoms with Gasteiger partial charge in [0, 0.05) is 19.0 Å². The van der Waals surface area contributed by atoms with Crippen molar-refractivity contribution >= 4 is 12.1 Å². The average molecular weight is 376 g/mol. The Hall–Kier alpha value is -2.08. The molecule has 1 aromatic carbocycles. The smallest absolute Gasteiger partial charge is 0.408 e. The molecule has 6 heteroatoms. The lowest BCUT2D eigenvalue weighted by atomic mass is 9.82. The number of amides is 1. The van der Waals surface area contributed by atoms with Gasteiger partial charge in [-0.1, -0.05) is 37.3 Å². The topological polar surface area (TPSA) is 67.9 Å². The molecule has 0 saturated carbocycles. The largest absolute Gasteiger partial charge is 0.467 e. The fourth-order valence-electron chi connectivity index (χ4n) is 3.66. The molecule has 0 radical (unpaired) electrons. The zero-order chi connectivity index (χ0) is 20.1. The van der Waals surface area contributed by atoms with Crippen LogP contribution in [0, 0.1) is 5.92 Å². The number of benzene rings is 1. The van der Waals surface area contributed by atoms with Crippen LogP contribution >= 0.6 is 0 Å². The number of nitrogens with zero attached hydrogens (tertiary/aromatic N) is 1. The van der Waals surface area contributed by atoms with Gasteiger partial charge in [0.2, 0.25) is 0 Å². The van der Waals surface area contributed by atoms with E-state index in [9.17, 15) is 9.59 Å². The minimum Gasteiger partial charge on any atom is -0.467 e. The van der Waals surface area contributed by atoms with E-state index in [2.05, 4.69) is 22.3 Å². The molecule has 0 spiro atoms. The van der Waals surface area contributed by atoms with E-state index in [-0.39, 0.29) is 5.92 Å². The monoisotopic (exact) mass is 376 g/mol. The summed E-state index contributed by atoms with van der Waals surface area (Å²) in [6.07, 6.45) is 0.712. The van der Waals surface area contributed by atoms with E-state index in [0.29, 0.717) is 13.0 Å². The highest BCUT2D eigenvalue weighted by molar-refractivity contribution is 5.86. The number of methoxy groups -OCH3 is 1. The number of esters is 1. The molecule has 2 atom stereocenters. The fraction of sp³-hybridized carbons (Fsp3) is 0.619. The summed E-state index contributed by atoms with van der Waals surface area (Å²) in [6, 6.07) is 10.3. The highest BCUT2D eigenvalue weighted by atomic mass is 16.6. The van der Waals surface area contributed by atoms with Crippen LogP contribution in [0.5, 0.6) is 0 Å². The van der Waals surface area contributed by atoms with Crippen molar-refractivity contribution in [3.8, 4) is 0 Å². The number of alkyl carbamates (subject to hydrolysis) is 1. The third-order valence-corrected chi connectivity index (χ3v) is 4.94. The highest BCUT2D eigenvalue weighted by Crippen LogP contribution is 2.30. The van der Waals surface area contributed by atoms with Crippen molar-refractivity contribution in [1.29, 1.82) is 0 Å². The Morgan fingerprint density at radius 3 is 2.52 bits per heavy atom. The molecule has 0 unspecified atom stereocenters. The molecule has 2 rings (SSSR count). The van der Waals surface area contributed by atoms with Gasteiger partial charge in [0.05, 0.1) is 7.11 Å². The number of ether oxygens (including phenoxy) is 2. The number of carbonyl (C=O) groups is 2. The van der Waals surface area contributed by atoms with Crippen molar-refractivity contribution in [2.45, 2.75) is 58.2 Å². The molecule has 1 saturated heterocycles. The number of hydrogen-bond donors (Lipinski definition) is 1. The Morgan fingerprint density at radius 2 is 1.93 bits per heavy atom. The molecule has 1 amide bonds. The van der Waals surface area contributed by atoms with E-state index in [1.54, 1.807) is 20.8 Å². The second kappa shape index (κ2) is 8.74. The molecule has 0 aromatic heterocycles. The summed E-state index contributed by atoms with van der Waals surface area (Å²) in [5, 5.41) is 2.85. The first kappa shape index (κ1) is 21.2. The van der Waals surface area contributed by atoms with Gasteiger partial charge in [-0.25, -0.2) is 9.59 Å². The van der Waals surface area contributed by atoms with E-state index in [4.69, 9.17) is 9.47 Å². The maximum atomic E-state index is 12.7. The second-order valence-corrected chi connectivity index (χ2v) is 8.32. The Kier molecular flexibility index (Phi) is 6.87. The fourth-order valence-corrected chi connectivity index (χ4v) is 3.66. The van der Waals surface area contributed by atoms with Crippen LogP contribution in [0.25, 0.3) is 0 Å². The molecule has 1 fully saturated rings. The summed E-state index contributed by atoms with van der Waals surface area (Å²) in [5.74, 6) is -0.536. The van der Waals surface area contributed by atoms with Crippen molar-refractivity contribution in [3.05, 3.63) is 35.9 Å². The molecule has 1 N–H and O–H groups in total. The van der Waals surface area contributed by atoms with Crippen LogP contribution in [0.15, 0.2) is 30.3 Å².